The van der Waals surface area contributed by atoms with Gasteiger partial charge in [-0.1, -0.05) is 42.3 Å². The van der Waals surface area contributed by atoms with Crippen LogP contribution in [0.2, 0.25) is 10.0 Å². The Labute approximate surface area is 206 Å². The predicted octanol–water partition coefficient (Wildman–Crippen LogP) is 5.28. The number of amides is 2. The van der Waals surface area contributed by atoms with Crippen molar-refractivity contribution < 1.29 is 19.1 Å². The molecule has 6 nitrogen and oxygen atoms in total. The average molecular weight is 495 g/mol. The molecule has 33 heavy (non-hydrogen) atoms. The first-order valence-corrected chi connectivity index (χ1v) is 11.7. The predicted molar refractivity (Wildman–Crippen MR) is 132 cm³/mol. The molecule has 1 atom stereocenters. The number of methoxy groups -OCH3 is 2. The monoisotopic (exact) mass is 494 g/mol. The highest BCUT2D eigenvalue weighted by Gasteiger charge is 2.29. The highest BCUT2D eigenvalue weighted by molar-refractivity contribution is 6.35. The average Bonchev–Trinajstić information content (AvgIpc) is 2.77. The van der Waals surface area contributed by atoms with Crippen molar-refractivity contribution in [2.45, 2.75) is 58.7 Å². The minimum Gasteiger partial charge on any atom is -0.493 e. The lowest BCUT2D eigenvalue weighted by molar-refractivity contribution is -0.141. The van der Waals surface area contributed by atoms with E-state index in [0.717, 1.165) is 11.1 Å². The number of hydrogen-bond acceptors (Lipinski definition) is 4. The van der Waals surface area contributed by atoms with Crippen molar-refractivity contribution in [1.82, 2.24) is 10.2 Å². The van der Waals surface area contributed by atoms with Crippen LogP contribution in [0, 0.1) is 0 Å². The second-order valence-electron chi connectivity index (χ2n) is 8.03. The molecule has 180 valence electrons. The van der Waals surface area contributed by atoms with Crippen LogP contribution >= 0.6 is 23.2 Å². The Hall–Kier alpha value is -2.44. The van der Waals surface area contributed by atoms with Crippen LogP contribution in [0.25, 0.3) is 0 Å². The van der Waals surface area contributed by atoms with Crippen molar-refractivity contribution in [3.8, 4) is 11.5 Å². The maximum Gasteiger partial charge on any atom is 0.243 e. The van der Waals surface area contributed by atoms with Gasteiger partial charge in [-0.25, -0.2) is 0 Å². The molecule has 2 amide bonds. The summed E-state index contributed by atoms with van der Waals surface area (Å²) < 4.78 is 10.6. The van der Waals surface area contributed by atoms with Crippen LogP contribution in [0.15, 0.2) is 36.4 Å². The van der Waals surface area contributed by atoms with E-state index < -0.39 is 6.04 Å². The van der Waals surface area contributed by atoms with E-state index in [1.807, 2.05) is 39.0 Å². The van der Waals surface area contributed by atoms with E-state index in [9.17, 15) is 9.59 Å². The van der Waals surface area contributed by atoms with Gasteiger partial charge in [0, 0.05) is 29.1 Å². The standard InChI is InChI=1S/C25H32Cl2N2O4/c1-6-21(25(31)28-16(2)3)29(15-18-9-10-19(26)14-20(18)27)24(30)12-8-17-7-11-22(32-4)23(13-17)33-5/h7,9-11,13-14,16,21H,6,8,12,15H2,1-5H3,(H,28,31)/t21-/m1/s1. The first kappa shape index (κ1) is 26.8. The summed E-state index contributed by atoms with van der Waals surface area (Å²) in [6, 6.07) is 10.1. The summed E-state index contributed by atoms with van der Waals surface area (Å²) in [4.78, 5) is 27.9. The van der Waals surface area contributed by atoms with Crippen molar-refractivity contribution in [2.75, 3.05) is 14.2 Å². The smallest absolute Gasteiger partial charge is 0.243 e. The van der Waals surface area contributed by atoms with Gasteiger partial charge in [0.15, 0.2) is 11.5 Å². The van der Waals surface area contributed by atoms with Crippen molar-refractivity contribution in [2.24, 2.45) is 0 Å². The molecule has 0 unspecified atom stereocenters. The van der Waals surface area contributed by atoms with E-state index in [0.29, 0.717) is 34.4 Å². The molecule has 8 heteroatoms. The lowest BCUT2D eigenvalue weighted by Crippen LogP contribution is -2.50. The summed E-state index contributed by atoms with van der Waals surface area (Å²) in [7, 11) is 3.15. The highest BCUT2D eigenvalue weighted by atomic mass is 35.5. The van der Waals surface area contributed by atoms with Crippen LogP contribution in [0.3, 0.4) is 0 Å². The van der Waals surface area contributed by atoms with Gasteiger partial charge in [-0.15, -0.1) is 0 Å². The molecule has 0 aromatic heterocycles. The number of aryl methyl sites for hydroxylation is 1. The van der Waals surface area contributed by atoms with Crippen LogP contribution in [0.4, 0.5) is 0 Å². The zero-order chi connectivity index (χ0) is 24.5. The van der Waals surface area contributed by atoms with Crippen LogP contribution in [0.1, 0.15) is 44.7 Å². The van der Waals surface area contributed by atoms with Gasteiger partial charge in [0.25, 0.3) is 0 Å². The largest absolute Gasteiger partial charge is 0.493 e. The Balaban J connectivity index is 2.27. The maximum absolute atomic E-state index is 13.4. The van der Waals surface area contributed by atoms with Crippen molar-refractivity contribution in [3.05, 3.63) is 57.6 Å². The topological polar surface area (TPSA) is 67.9 Å². The van der Waals surface area contributed by atoms with E-state index >= 15 is 0 Å². The number of rotatable bonds is 11. The summed E-state index contributed by atoms with van der Waals surface area (Å²) >= 11 is 12.4. The number of nitrogens with one attached hydrogen (secondary N) is 1. The molecule has 2 aromatic carbocycles. The molecule has 0 bridgehead atoms. The summed E-state index contributed by atoms with van der Waals surface area (Å²) in [5.74, 6) is 0.914. The summed E-state index contributed by atoms with van der Waals surface area (Å²) in [6.07, 6.45) is 1.20. The van der Waals surface area contributed by atoms with E-state index in [2.05, 4.69) is 5.32 Å². The molecule has 0 saturated carbocycles. The molecule has 0 aliphatic rings. The molecule has 0 saturated heterocycles. The number of carbonyl (C=O) groups excluding carboxylic acids is 2. The maximum atomic E-state index is 13.4. The molecule has 0 radical (unpaired) electrons. The number of ether oxygens (including phenoxy) is 2. The normalized spacial score (nSPS) is 11.8. The second kappa shape index (κ2) is 12.7. The third-order valence-corrected chi connectivity index (χ3v) is 5.84. The number of benzene rings is 2. The fourth-order valence-electron chi connectivity index (χ4n) is 3.56. The number of carbonyl (C=O) groups is 2. The zero-order valence-electron chi connectivity index (χ0n) is 19.8. The van der Waals surface area contributed by atoms with Crippen molar-refractivity contribution in [3.63, 3.8) is 0 Å². The number of hydrogen-bond donors (Lipinski definition) is 1. The van der Waals surface area contributed by atoms with Crippen LogP contribution < -0.4 is 14.8 Å². The molecule has 2 rings (SSSR count). The van der Waals surface area contributed by atoms with E-state index in [4.69, 9.17) is 32.7 Å². The van der Waals surface area contributed by atoms with Crippen LogP contribution in [-0.4, -0.2) is 43.0 Å². The molecule has 1 N–H and O–H groups in total. The van der Waals surface area contributed by atoms with Gasteiger partial charge in [0.05, 0.1) is 14.2 Å². The van der Waals surface area contributed by atoms with Crippen LogP contribution in [-0.2, 0) is 22.6 Å². The van der Waals surface area contributed by atoms with E-state index in [-0.39, 0.29) is 30.8 Å². The summed E-state index contributed by atoms with van der Waals surface area (Å²) in [5.41, 5.74) is 1.67. The second-order valence-corrected chi connectivity index (χ2v) is 8.88. The summed E-state index contributed by atoms with van der Waals surface area (Å²) in [6.45, 7) is 5.89. The quantitative estimate of drug-likeness (QED) is 0.461. The number of nitrogens with zero attached hydrogens (tertiary/aromatic N) is 1. The lowest BCUT2D eigenvalue weighted by atomic mass is 10.1. The highest BCUT2D eigenvalue weighted by Crippen LogP contribution is 2.28. The third-order valence-electron chi connectivity index (χ3n) is 5.25. The molecule has 0 aliphatic heterocycles. The Morgan fingerprint density at radius 1 is 1.03 bits per heavy atom. The van der Waals surface area contributed by atoms with Gasteiger partial charge in [-0.3, -0.25) is 9.59 Å². The molecule has 0 aliphatic carbocycles. The van der Waals surface area contributed by atoms with E-state index in [1.165, 1.54) is 0 Å². The Kier molecular flexibility index (Phi) is 10.3. The molecular formula is C25H32Cl2N2O4. The van der Waals surface area contributed by atoms with Gasteiger partial charge in [-0.2, -0.15) is 0 Å². The van der Waals surface area contributed by atoms with Gasteiger partial charge in [-0.05, 0) is 62.1 Å². The molecule has 2 aromatic rings. The first-order valence-electron chi connectivity index (χ1n) is 10.9. The van der Waals surface area contributed by atoms with Gasteiger partial charge >= 0.3 is 0 Å². The van der Waals surface area contributed by atoms with Gasteiger partial charge < -0.3 is 19.7 Å². The Morgan fingerprint density at radius 3 is 2.30 bits per heavy atom. The fraction of sp³-hybridized carbons (Fsp3) is 0.440. The van der Waals surface area contributed by atoms with Gasteiger partial charge in [0.2, 0.25) is 11.8 Å². The van der Waals surface area contributed by atoms with Crippen LogP contribution in [0.5, 0.6) is 11.5 Å². The fourth-order valence-corrected chi connectivity index (χ4v) is 4.03. The minimum absolute atomic E-state index is 0.0330. The number of halogens is 2. The Bertz CT molecular complexity index is 965. The zero-order valence-corrected chi connectivity index (χ0v) is 21.3. The SMILES string of the molecule is CC[C@H](C(=O)NC(C)C)N(Cc1ccc(Cl)cc1Cl)C(=O)CCc1ccc(OC)c(OC)c1. The third kappa shape index (κ3) is 7.54. The molecule has 0 spiro atoms. The molecule has 0 heterocycles. The van der Waals surface area contributed by atoms with Crippen molar-refractivity contribution >= 4 is 35.0 Å². The molecule has 0 fully saturated rings. The molecular weight excluding hydrogens is 463 g/mol. The summed E-state index contributed by atoms with van der Waals surface area (Å²) in [5, 5.41) is 3.89. The van der Waals surface area contributed by atoms with E-state index in [1.54, 1.807) is 37.3 Å². The van der Waals surface area contributed by atoms with Crippen molar-refractivity contribution in [1.29, 1.82) is 0 Å². The first-order chi connectivity index (χ1) is 15.7. The lowest BCUT2D eigenvalue weighted by Gasteiger charge is -2.31. The Morgan fingerprint density at radius 2 is 1.73 bits per heavy atom. The minimum atomic E-state index is -0.614. The van der Waals surface area contributed by atoms with Gasteiger partial charge in [0.1, 0.15) is 6.04 Å².